The first-order chi connectivity index (χ1) is 12.5. The maximum absolute atomic E-state index is 13.2. The summed E-state index contributed by atoms with van der Waals surface area (Å²) >= 11 is 1.73. The number of benzene rings is 1. The molecule has 0 radical (unpaired) electrons. The SMILES string of the molecule is CC1(C)CN(C(=O)c2ccc3c(ccn3CCCN)c2)C1c1cccs1. The number of carbonyl (C=O) groups excluding carboxylic acids is 1. The monoisotopic (exact) mass is 367 g/mol. The van der Waals surface area contributed by atoms with Crippen LogP contribution < -0.4 is 5.73 Å². The summed E-state index contributed by atoms with van der Waals surface area (Å²) in [5.41, 5.74) is 7.67. The van der Waals surface area contributed by atoms with Gasteiger partial charge < -0.3 is 15.2 Å². The Balaban J connectivity index is 1.60. The van der Waals surface area contributed by atoms with Crippen molar-refractivity contribution in [1.82, 2.24) is 9.47 Å². The fraction of sp³-hybridized carbons (Fsp3) is 0.381. The van der Waals surface area contributed by atoms with Gasteiger partial charge >= 0.3 is 0 Å². The number of nitrogens with zero attached hydrogens (tertiary/aromatic N) is 2. The van der Waals surface area contributed by atoms with E-state index in [1.165, 1.54) is 4.88 Å². The predicted octanol–water partition coefficient (Wildman–Crippen LogP) is 4.27. The fourth-order valence-corrected chi connectivity index (χ4v) is 5.10. The highest BCUT2D eigenvalue weighted by atomic mass is 32.1. The number of nitrogens with two attached hydrogens (primary N) is 1. The van der Waals surface area contributed by atoms with Crippen LogP contribution >= 0.6 is 11.3 Å². The highest BCUT2D eigenvalue weighted by Gasteiger charge is 2.49. The Hall–Kier alpha value is -2.11. The summed E-state index contributed by atoms with van der Waals surface area (Å²) < 4.78 is 2.21. The number of fused-ring (bicyclic) bond motifs is 1. The summed E-state index contributed by atoms with van der Waals surface area (Å²) in [4.78, 5) is 16.4. The van der Waals surface area contributed by atoms with E-state index in [4.69, 9.17) is 5.73 Å². The summed E-state index contributed by atoms with van der Waals surface area (Å²) in [6.07, 6.45) is 3.03. The lowest BCUT2D eigenvalue weighted by Gasteiger charge is -2.54. The quantitative estimate of drug-likeness (QED) is 0.732. The van der Waals surface area contributed by atoms with Crippen molar-refractivity contribution < 1.29 is 4.79 Å². The molecule has 4 nitrogen and oxygen atoms in total. The van der Waals surface area contributed by atoms with Crippen molar-refractivity contribution in [1.29, 1.82) is 0 Å². The molecule has 1 amide bonds. The van der Waals surface area contributed by atoms with Gasteiger partial charge in [-0.15, -0.1) is 11.3 Å². The lowest BCUT2D eigenvalue weighted by molar-refractivity contribution is -0.0305. The first kappa shape index (κ1) is 17.3. The number of aryl methyl sites for hydroxylation is 1. The van der Waals surface area contributed by atoms with E-state index in [1.807, 2.05) is 17.0 Å². The van der Waals surface area contributed by atoms with Gasteiger partial charge in [-0.3, -0.25) is 4.79 Å². The molecular weight excluding hydrogens is 342 g/mol. The van der Waals surface area contributed by atoms with Gasteiger partial charge in [0.05, 0.1) is 6.04 Å². The van der Waals surface area contributed by atoms with E-state index in [0.29, 0.717) is 6.54 Å². The van der Waals surface area contributed by atoms with Crippen molar-refractivity contribution >= 4 is 28.1 Å². The molecule has 3 heterocycles. The van der Waals surface area contributed by atoms with E-state index in [1.54, 1.807) is 11.3 Å². The number of thiophene rings is 1. The van der Waals surface area contributed by atoms with Crippen molar-refractivity contribution in [3.05, 3.63) is 58.4 Å². The minimum absolute atomic E-state index is 0.121. The molecule has 2 aromatic heterocycles. The van der Waals surface area contributed by atoms with Crippen LogP contribution in [0.4, 0.5) is 0 Å². The fourth-order valence-electron chi connectivity index (χ4n) is 4.06. The lowest BCUT2D eigenvalue weighted by atomic mass is 9.74. The number of aromatic nitrogens is 1. The number of likely N-dealkylation sites (tertiary alicyclic amines) is 1. The van der Waals surface area contributed by atoms with E-state index in [9.17, 15) is 4.79 Å². The van der Waals surface area contributed by atoms with Crippen molar-refractivity contribution in [3.8, 4) is 0 Å². The van der Waals surface area contributed by atoms with E-state index >= 15 is 0 Å². The third-order valence-corrected chi connectivity index (χ3v) is 6.25. The molecule has 1 saturated heterocycles. The maximum atomic E-state index is 13.2. The Morgan fingerprint density at radius 2 is 2.15 bits per heavy atom. The summed E-state index contributed by atoms with van der Waals surface area (Å²) in [5, 5.41) is 3.20. The standard InChI is InChI=1S/C21H25N3OS/c1-21(2)14-24(19(21)18-5-3-12-26-18)20(25)16-6-7-17-15(13-16)8-11-23(17)10-4-9-22/h3,5-8,11-13,19H,4,9-10,14,22H2,1-2H3. The summed E-state index contributed by atoms with van der Waals surface area (Å²) in [6.45, 7) is 6.87. The van der Waals surface area contributed by atoms with E-state index in [0.717, 1.165) is 36.0 Å². The molecule has 2 N–H and O–H groups in total. The Kier molecular flexibility index (Phi) is 4.37. The van der Waals surface area contributed by atoms with Crippen molar-refractivity contribution in [3.63, 3.8) is 0 Å². The van der Waals surface area contributed by atoms with Gasteiger partial charge in [0.2, 0.25) is 0 Å². The third-order valence-electron chi connectivity index (χ3n) is 5.32. The number of rotatable bonds is 5. The normalized spacial score (nSPS) is 18.9. The first-order valence-electron chi connectivity index (χ1n) is 9.14. The second kappa shape index (κ2) is 6.56. The zero-order valence-corrected chi connectivity index (χ0v) is 16.1. The largest absolute Gasteiger partial charge is 0.347 e. The van der Waals surface area contributed by atoms with Gasteiger partial charge in [-0.2, -0.15) is 0 Å². The van der Waals surface area contributed by atoms with Crippen molar-refractivity contribution in [2.75, 3.05) is 13.1 Å². The molecule has 1 unspecified atom stereocenters. The van der Waals surface area contributed by atoms with Gasteiger partial charge in [-0.25, -0.2) is 0 Å². The molecule has 1 atom stereocenters. The van der Waals surface area contributed by atoms with Crippen LogP contribution in [0, 0.1) is 5.41 Å². The molecule has 3 aromatic rings. The van der Waals surface area contributed by atoms with Crippen LogP contribution in [0.2, 0.25) is 0 Å². The van der Waals surface area contributed by atoms with Crippen LogP contribution in [0.15, 0.2) is 48.0 Å². The molecule has 136 valence electrons. The molecule has 0 spiro atoms. The highest BCUT2D eigenvalue weighted by molar-refractivity contribution is 7.10. The van der Waals surface area contributed by atoms with E-state index in [2.05, 4.69) is 54.3 Å². The maximum Gasteiger partial charge on any atom is 0.254 e. The summed E-state index contributed by atoms with van der Waals surface area (Å²) in [7, 11) is 0. The van der Waals surface area contributed by atoms with Crippen LogP contribution in [0.1, 0.15) is 41.5 Å². The molecule has 0 saturated carbocycles. The van der Waals surface area contributed by atoms with Crippen molar-refractivity contribution in [2.45, 2.75) is 32.9 Å². The molecule has 1 aliphatic rings. The number of hydrogen-bond acceptors (Lipinski definition) is 3. The Labute approximate surface area is 158 Å². The van der Waals surface area contributed by atoms with Gasteiger partial charge in [-0.1, -0.05) is 19.9 Å². The second-order valence-corrected chi connectivity index (χ2v) is 8.74. The smallest absolute Gasteiger partial charge is 0.254 e. The minimum atomic E-state index is 0.121. The van der Waals surface area contributed by atoms with E-state index in [-0.39, 0.29) is 17.4 Å². The van der Waals surface area contributed by atoms with Crippen LogP contribution in [-0.2, 0) is 6.54 Å². The molecule has 1 aromatic carbocycles. The number of hydrogen-bond donors (Lipinski definition) is 1. The molecule has 0 aliphatic carbocycles. The average molecular weight is 368 g/mol. The number of carbonyl (C=O) groups is 1. The van der Waals surface area contributed by atoms with Gasteiger partial charge in [0.25, 0.3) is 5.91 Å². The summed E-state index contributed by atoms with van der Waals surface area (Å²) in [5.74, 6) is 0.124. The number of amides is 1. The molecule has 1 fully saturated rings. The van der Waals surface area contributed by atoms with Crippen molar-refractivity contribution in [2.24, 2.45) is 11.1 Å². The molecular formula is C21H25N3OS. The van der Waals surface area contributed by atoms with Gasteiger partial charge in [0.15, 0.2) is 0 Å². The lowest BCUT2D eigenvalue weighted by Crippen LogP contribution is -2.57. The van der Waals surface area contributed by atoms with Gasteiger partial charge in [-0.05, 0) is 48.7 Å². The molecule has 1 aliphatic heterocycles. The van der Waals surface area contributed by atoms with Gasteiger partial charge in [0.1, 0.15) is 0 Å². The highest BCUT2D eigenvalue weighted by Crippen LogP contribution is 2.50. The van der Waals surface area contributed by atoms with Crippen LogP contribution in [0.25, 0.3) is 10.9 Å². The Morgan fingerprint density at radius 1 is 1.31 bits per heavy atom. The molecule has 5 heteroatoms. The Bertz CT molecular complexity index is 926. The molecule has 0 bridgehead atoms. The molecule has 4 rings (SSSR count). The Morgan fingerprint density at radius 3 is 2.85 bits per heavy atom. The second-order valence-electron chi connectivity index (χ2n) is 7.76. The van der Waals surface area contributed by atoms with Crippen LogP contribution in [-0.4, -0.2) is 28.5 Å². The minimum Gasteiger partial charge on any atom is -0.347 e. The zero-order chi connectivity index (χ0) is 18.3. The summed E-state index contributed by atoms with van der Waals surface area (Å²) in [6, 6.07) is 12.5. The van der Waals surface area contributed by atoms with Crippen LogP contribution in [0.3, 0.4) is 0 Å². The van der Waals surface area contributed by atoms with Gasteiger partial charge in [0, 0.05) is 46.0 Å². The first-order valence-corrected chi connectivity index (χ1v) is 10.0. The predicted molar refractivity (Wildman–Crippen MR) is 107 cm³/mol. The zero-order valence-electron chi connectivity index (χ0n) is 15.3. The average Bonchev–Trinajstić information content (AvgIpc) is 3.26. The van der Waals surface area contributed by atoms with Crippen LogP contribution in [0.5, 0.6) is 0 Å². The van der Waals surface area contributed by atoms with E-state index < -0.39 is 0 Å². The molecule has 26 heavy (non-hydrogen) atoms. The topological polar surface area (TPSA) is 51.3 Å². The third kappa shape index (κ3) is 2.85.